The van der Waals surface area contributed by atoms with E-state index in [1.54, 1.807) is 25.3 Å². The normalized spacial score (nSPS) is 12.3. The second kappa shape index (κ2) is 6.36. The highest BCUT2D eigenvalue weighted by atomic mass is 32.2. The third kappa shape index (κ3) is 3.57. The zero-order chi connectivity index (χ0) is 15.5. The monoisotopic (exact) mass is 303 g/mol. The van der Waals surface area contributed by atoms with Crippen molar-refractivity contribution in [2.45, 2.75) is 51.7 Å². The quantitative estimate of drug-likeness (QED) is 0.814. The van der Waals surface area contributed by atoms with Crippen molar-refractivity contribution in [2.75, 3.05) is 6.54 Å². The molecule has 0 spiro atoms. The fourth-order valence-electron chi connectivity index (χ4n) is 1.87. The SMILES string of the molecule is CCCn1cc(S(=O)(=O)N(CC(=O)O)C(C)C)nc1C. The molecule has 0 fully saturated rings. The van der Waals surface area contributed by atoms with Gasteiger partial charge in [0.25, 0.3) is 10.0 Å². The Balaban J connectivity index is 3.19. The third-order valence-corrected chi connectivity index (χ3v) is 4.75. The van der Waals surface area contributed by atoms with Gasteiger partial charge in [-0.3, -0.25) is 4.79 Å². The van der Waals surface area contributed by atoms with Crippen molar-refractivity contribution in [1.29, 1.82) is 0 Å². The van der Waals surface area contributed by atoms with Crippen LogP contribution in [0.25, 0.3) is 0 Å². The molecule has 0 saturated carbocycles. The van der Waals surface area contributed by atoms with Gasteiger partial charge in [-0.25, -0.2) is 13.4 Å². The summed E-state index contributed by atoms with van der Waals surface area (Å²) in [6.45, 7) is 7.09. The summed E-state index contributed by atoms with van der Waals surface area (Å²) in [5.74, 6) is -0.587. The fourth-order valence-corrected chi connectivity index (χ4v) is 3.45. The molecule has 7 nitrogen and oxygen atoms in total. The van der Waals surface area contributed by atoms with E-state index in [9.17, 15) is 13.2 Å². The maximum absolute atomic E-state index is 12.5. The highest BCUT2D eigenvalue weighted by molar-refractivity contribution is 7.89. The van der Waals surface area contributed by atoms with E-state index < -0.39 is 28.6 Å². The minimum Gasteiger partial charge on any atom is -0.480 e. The van der Waals surface area contributed by atoms with Crippen molar-refractivity contribution in [3.63, 3.8) is 0 Å². The molecule has 0 unspecified atom stereocenters. The Bertz CT molecular complexity index is 578. The predicted molar refractivity (Wildman–Crippen MR) is 73.9 cm³/mol. The van der Waals surface area contributed by atoms with Crippen LogP contribution in [0.5, 0.6) is 0 Å². The number of carboxylic acid groups (broad SMARTS) is 1. The van der Waals surface area contributed by atoms with E-state index in [1.807, 2.05) is 6.92 Å². The van der Waals surface area contributed by atoms with Gasteiger partial charge in [0.05, 0.1) is 0 Å². The molecule has 0 radical (unpaired) electrons. The van der Waals surface area contributed by atoms with E-state index in [0.717, 1.165) is 10.7 Å². The van der Waals surface area contributed by atoms with E-state index >= 15 is 0 Å². The molecular formula is C12H21N3O4S. The van der Waals surface area contributed by atoms with E-state index in [2.05, 4.69) is 4.98 Å². The molecule has 0 amide bonds. The number of carbonyl (C=O) groups is 1. The highest BCUT2D eigenvalue weighted by Gasteiger charge is 2.31. The average Bonchev–Trinajstić information content (AvgIpc) is 2.68. The van der Waals surface area contributed by atoms with E-state index in [0.29, 0.717) is 12.4 Å². The summed E-state index contributed by atoms with van der Waals surface area (Å²) in [5, 5.41) is 8.76. The Kier molecular flexibility index (Phi) is 5.29. The van der Waals surface area contributed by atoms with Gasteiger partial charge in [-0.2, -0.15) is 4.31 Å². The Morgan fingerprint density at radius 2 is 2.10 bits per heavy atom. The predicted octanol–water partition coefficient (Wildman–Crippen LogP) is 1.09. The van der Waals surface area contributed by atoms with Crippen molar-refractivity contribution in [3.05, 3.63) is 12.0 Å². The number of imidazole rings is 1. The molecule has 1 aromatic rings. The fraction of sp³-hybridized carbons (Fsp3) is 0.667. The number of rotatable bonds is 7. The molecule has 0 saturated heterocycles. The lowest BCUT2D eigenvalue weighted by Gasteiger charge is -2.22. The molecule has 1 aromatic heterocycles. The Hall–Kier alpha value is -1.41. The zero-order valence-corrected chi connectivity index (χ0v) is 13.0. The lowest BCUT2D eigenvalue weighted by atomic mass is 10.4. The first-order valence-electron chi connectivity index (χ1n) is 6.47. The molecule has 0 aromatic carbocycles. The van der Waals surface area contributed by atoms with Crippen molar-refractivity contribution < 1.29 is 18.3 Å². The van der Waals surface area contributed by atoms with Gasteiger partial charge in [0.2, 0.25) is 0 Å². The molecule has 8 heteroatoms. The maximum atomic E-state index is 12.5. The molecular weight excluding hydrogens is 282 g/mol. The van der Waals surface area contributed by atoms with Crippen LogP contribution in [0.4, 0.5) is 0 Å². The van der Waals surface area contributed by atoms with Gasteiger partial charge in [-0.05, 0) is 27.2 Å². The second-order valence-electron chi connectivity index (χ2n) is 4.86. The minimum absolute atomic E-state index is 0.0987. The Morgan fingerprint density at radius 1 is 1.50 bits per heavy atom. The van der Waals surface area contributed by atoms with Crippen LogP contribution in [0.15, 0.2) is 11.2 Å². The van der Waals surface area contributed by atoms with Gasteiger partial charge in [-0.1, -0.05) is 6.92 Å². The number of aryl methyl sites for hydroxylation is 2. The number of aromatic nitrogens is 2. The molecule has 0 aliphatic rings. The van der Waals surface area contributed by atoms with Crippen molar-refractivity contribution in [3.8, 4) is 0 Å². The summed E-state index contributed by atoms with van der Waals surface area (Å²) in [6.07, 6.45) is 2.32. The number of aliphatic carboxylic acids is 1. The van der Waals surface area contributed by atoms with Gasteiger partial charge in [-0.15, -0.1) is 0 Å². The van der Waals surface area contributed by atoms with Crippen molar-refractivity contribution in [2.24, 2.45) is 0 Å². The molecule has 1 rings (SSSR count). The summed E-state index contributed by atoms with van der Waals surface area (Å²) in [4.78, 5) is 14.9. The Labute approximate surface area is 119 Å². The molecule has 0 bridgehead atoms. The molecule has 1 N–H and O–H groups in total. The van der Waals surface area contributed by atoms with Gasteiger partial charge in [0, 0.05) is 18.8 Å². The molecule has 0 aliphatic heterocycles. The number of sulfonamides is 1. The van der Waals surface area contributed by atoms with E-state index in [1.165, 1.54) is 6.20 Å². The van der Waals surface area contributed by atoms with Crippen LogP contribution < -0.4 is 0 Å². The van der Waals surface area contributed by atoms with Crippen LogP contribution in [0.1, 0.15) is 33.0 Å². The van der Waals surface area contributed by atoms with Crippen LogP contribution in [-0.4, -0.2) is 45.9 Å². The van der Waals surface area contributed by atoms with E-state index in [-0.39, 0.29) is 5.03 Å². The highest BCUT2D eigenvalue weighted by Crippen LogP contribution is 2.18. The summed E-state index contributed by atoms with van der Waals surface area (Å²) in [6, 6.07) is -0.451. The smallest absolute Gasteiger partial charge is 0.318 e. The number of nitrogens with zero attached hydrogens (tertiary/aromatic N) is 3. The van der Waals surface area contributed by atoms with Crippen LogP contribution in [0, 0.1) is 6.92 Å². The second-order valence-corrected chi connectivity index (χ2v) is 6.69. The van der Waals surface area contributed by atoms with Gasteiger partial charge in [0.15, 0.2) is 5.03 Å². The lowest BCUT2D eigenvalue weighted by Crippen LogP contribution is -2.40. The van der Waals surface area contributed by atoms with Crippen LogP contribution in [0.2, 0.25) is 0 Å². The van der Waals surface area contributed by atoms with Gasteiger partial charge < -0.3 is 9.67 Å². The third-order valence-electron chi connectivity index (χ3n) is 2.86. The number of hydrogen-bond acceptors (Lipinski definition) is 4. The van der Waals surface area contributed by atoms with E-state index in [4.69, 9.17) is 5.11 Å². The number of carboxylic acids is 1. The topological polar surface area (TPSA) is 92.5 Å². The van der Waals surface area contributed by atoms with Crippen LogP contribution in [-0.2, 0) is 21.4 Å². The van der Waals surface area contributed by atoms with Gasteiger partial charge in [0.1, 0.15) is 12.4 Å². The summed E-state index contributed by atoms with van der Waals surface area (Å²) < 4.78 is 27.6. The molecule has 0 aliphatic carbocycles. The molecule has 114 valence electrons. The largest absolute Gasteiger partial charge is 0.480 e. The van der Waals surface area contributed by atoms with Crippen molar-refractivity contribution in [1.82, 2.24) is 13.9 Å². The van der Waals surface area contributed by atoms with Crippen LogP contribution in [0.3, 0.4) is 0 Å². The summed E-state index contributed by atoms with van der Waals surface area (Å²) >= 11 is 0. The summed E-state index contributed by atoms with van der Waals surface area (Å²) in [7, 11) is -3.89. The first kappa shape index (κ1) is 16.6. The number of hydrogen-bond donors (Lipinski definition) is 1. The average molecular weight is 303 g/mol. The zero-order valence-electron chi connectivity index (χ0n) is 12.2. The molecule has 20 heavy (non-hydrogen) atoms. The van der Waals surface area contributed by atoms with Gasteiger partial charge >= 0.3 is 5.97 Å². The lowest BCUT2D eigenvalue weighted by molar-refractivity contribution is -0.137. The van der Waals surface area contributed by atoms with Crippen LogP contribution >= 0.6 is 0 Å². The first-order valence-corrected chi connectivity index (χ1v) is 7.91. The molecule has 1 heterocycles. The maximum Gasteiger partial charge on any atom is 0.318 e. The standard InChI is InChI=1S/C12H21N3O4S/c1-5-6-14-7-11(13-10(14)4)20(18,19)15(9(2)3)8-12(16)17/h7,9H,5-6,8H2,1-4H3,(H,16,17). The summed E-state index contributed by atoms with van der Waals surface area (Å²) in [5.41, 5.74) is 0. The van der Waals surface area contributed by atoms with Crippen molar-refractivity contribution >= 4 is 16.0 Å². The minimum atomic E-state index is -3.89. The molecule has 0 atom stereocenters. The first-order chi connectivity index (χ1) is 9.20. The Morgan fingerprint density at radius 3 is 2.55 bits per heavy atom.